The van der Waals surface area contributed by atoms with E-state index < -0.39 is 0 Å². The van der Waals surface area contributed by atoms with E-state index in [1.807, 2.05) is 23.1 Å². The van der Waals surface area contributed by atoms with E-state index in [2.05, 4.69) is 16.7 Å². The number of rotatable bonds is 2. The first-order chi connectivity index (χ1) is 8.83. The molecule has 0 saturated carbocycles. The Kier molecular flexibility index (Phi) is 3.19. The number of fused-ring (bicyclic) bond motifs is 1. The van der Waals surface area contributed by atoms with E-state index in [0.29, 0.717) is 5.92 Å². The highest BCUT2D eigenvalue weighted by Gasteiger charge is 2.25. The monoisotopic (exact) mass is 245 g/mol. The lowest BCUT2D eigenvalue weighted by Gasteiger charge is -2.33. The van der Waals surface area contributed by atoms with Gasteiger partial charge in [-0.3, -0.25) is 0 Å². The molecule has 96 valence electrons. The molecule has 0 aliphatic carbocycles. The number of piperidine rings is 1. The SMILES string of the molecule is O=C1Nc2ccccc2CN1CC1CCCNC1. The molecule has 1 unspecified atom stereocenters. The average molecular weight is 245 g/mol. The first-order valence-electron chi connectivity index (χ1n) is 6.67. The lowest BCUT2D eigenvalue weighted by molar-refractivity contribution is 0.187. The maximum Gasteiger partial charge on any atom is 0.322 e. The maximum atomic E-state index is 12.0. The Hall–Kier alpha value is -1.55. The molecule has 4 heteroatoms. The van der Waals surface area contributed by atoms with Gasteiger partial charge < -0.3 is 15.5 Å². The van der Waals surface area contributed by atoms with Crippen molar-refractivity contribution in [1.29, 1.82) is 0 Å². The molecular formula is C14H19N3O. The van der Waals surface area contributed by atoms with Crippen LogP contribution >= 0.6 is 0 Å². The number of nitrogens with one attached hydrogen (secondary N) is 2. The standard InChI is InChI=1S/C14H19N3O/c18-14-16-13-6-2-1-5-12(13)10-17(14)9-11-4-3-7-15-8-11/h1-2,5-6,11,15H,3-4,7-10H2,(H,16,18). The van der Waals surface area contributed by atoms with Gasteiger partial charge in [-0.15, -0.1) is 0 Å². The van der Waals surface area contributed by atoms with E-state index in [4.69, 9.17) is 0 Å². The molecule has 2 amide bonds. The molecule has 18 heavy (non-hydrogen) atoms. The average Bonchev–Trinajstić information content (AvgIpc) is 2.41. The Morgan fingerprint density at radius 3 is 3.06 bits per heavy atom. The summed E-state index contributed by atoms with van der Waals surface area (Å²) < 4.78 is 0. The second kappa shape index (κ2) is 4.98. The van der Waals surface area contributed by atoms with Crippen molar-refractivity contribution in [1.82, 2.24) is 10.2 Å². The third-order valence-corrected chi connectivity index (χ3v) is 3.78. The van der Waals surface area contributed by atoms with Crippen LogP contribution in [0.3, 0.4) is 0 Å². The van der Waals surface area contributed by atoms with Gasteiger partial charge in [0.05, 0.1) is 0 Å². The molecule has 2 N–H and O–H groups in total. The minimum atomic E-state index is 0.0410. The second-order valence-electron chi connectivity index (χ2n) is 5.18. The van der Waals surface area contributed by atoms with Crippen molar-refractivity contribution in [2.24, 2.45) is 5.92 Å². The Morgan fingerprint density at radius 1 is 1.33 bits per heavy atom. The molecule has 4 nitrogen and oxygen atoms in total. The van der Waals surface area contributed by atoms with Crippen LogP contribution in [-0.2, 0) is 6.54 Å². The molecule has 1 saturated heterocycles. The molecule has 1 aromatic carbocycles. The number of carbonyl (C=O) groups is 1. The molecule has 3 rings (SSSR count). The topological polar surface area (TPSA) is 44.4 Å². The second-order valence-corrected chi connectivity index (χ2v) is 5.18. The van der Waals surface area contributed by atoms with Crippen molar-refractivity contribution in [2.75, 3.05) is 25.0 Å². The van der Waals surface area contributed by atoms with Crippen molar-refractivity contribution in [3.8, 4) is 0 Å². The van der Waals surface area contributed by atoms with Gasteiger partial charge in [-0.05, 0) is 43.5 Å². The van der Waals surface area contributed by atoms with Crippen LogP contribution in [0.25, 0.3) is 0 Å². The predicted molar refractivity (Wildman–Crippen MR) is 71.5 cm³/mol. The first-order valence-corrected chi connectivity index (χ1v) is 6.67. The number of benzene rings is 1. The zero-order valence-electron chi connectivity index (χ0n) is 10.5. The summed E-state index contributed by atoms with van der Waals surface area (Å²) in [5.74, 6) is 0.592. The Bertz CT molecular complexity index is 440. The van der Waals surface area contributed by atoms with Crippen molar-refractivity contribution >= 4 is 11.7 Å². The van der Waals surface area contributed by atoms with Crippen molar-refractivity contribution in [3.05, 3.63) is 29.8 Å². The highest BCUT2D eigenvalue weighted by Crippen LogP contribution is 2.24. The highest BCUT2D eigenvalue weighted by atomic mass is 16.2. The summed E-state index contributed by atoms with van der Waals surface area (Å²) in [6.07, 6.45) is 2.44. The summed E-state index contributed by atoms with van der Waals surface area (Å²) in [5, 5.41) is 6.37. The lowest BCUT2D eigenvalue weighted by Crippen LogP contribution is -2.44. The van der Waals surface area contributed by atoms with E-state index in [9.17, 15) is 4.79 Å². The molecular weight excluding hydrogens is 226 g/mol. The highest BCUT2D eigenvalue weighted by molar-refractivity contribution is 5.92. The molecule has 2 aliphatic heterocycles. The molecule has 2 aliphatic rings. The number of hydrogen-bond donors (Lipinski definition) is 2. The molecule has 1 aromatic rings. The lowest BCUT2D eigenvalue weighted by atomic mass is 9.98. The number of nitrogens with zero attached hydrogens (tertiary/aromatic N) is 1. The zero-order valence-corrected chi connectivity index (χ0v) is 10.5. The normalized spacial score (nSPS) is 23.4. The summed E-state index contributed by atoms with van der Waals surface area (Å²) in [7, 11) is 0. The first kappa shape index (κ1) is 11.5. The van der Waals surface area contributed by atoms with E-state index in [0.717, 1.165) is 31.9 Å². The van der Waals surface area contributed by atoms with Crippen LogP contribution in [-0.4, -0.2) is 30.6 Å². The van der Waals surface area contributed by atoms with Gasteiger partial charge in [-0.25, -0.2) is 4.79 Å². The molecule has 0 radical (unpaired) electrons. The van der Waals surface area contributed by atoms with Gasteiger partial charge in [-0.2, -0.15) is 0 Å². The summed E-state index contributed by atoms with van der Waals surface area (Å²) in [4.78, 5) is 14.0. The van der Waals surface area contributed by atoms with Crippen molar-refractivity contribution in [3.63, 3.8) is 0 Å². The quantitative estimate of drug-likeness (QED) is 0.837. The number of amides is 2. The molecule has 0 spiro atoms. The van der Waals surface area contributed by atoms with Crippen LogP contribution in [0.5, 0.6) is 0 Å². The van der Waals surface area contributed by atoms with Gasteiger partial charge in [0.25, 0.3) is 0 Å². The van der Waals surface area contributed by atoms with Gasteiger partial charge in [-0.1, -0.05) is 18.2 Å². The molecule has 2 heterocycles. The number of urea groups is 1. The number of hydrogen-bond acceptors (Lipinski definition) is 2. The van der Waals surface area contributed by atoms with Crippen molar-refractivity contribution in [2.45, 2.75) is 19.4 Å². The minimum absolute atomic E-state index is 0.0410. The van der Waals surface area contributed by atoms with Crippen molar-refractivity contribution < 1.29 is 4.79 Å². The fourth-order valence-corrected chi connectivity index (χ4v) is 2.79. The summed E-state index contributed by atoms with van der Waals surface area (Å²) in [6.45, 7) is 3.74. The van der Waals surface area contributed by atoms with Crippen LogP contribution in [0.1, 0.15) is 18.4 Å². The molecule has 1 fully saturated rings. The number of carbonyl (C=O) groups excluding carboxylic acids is 1. The maximum absolute atomic E-state index is 12.0. The van der Waals surface area contributed by atoms with E-state index in [1.165, 1.54) is 18.4 Å². The molecule has 1 atom stereocenters. The van der Waals surface area contributed by atoms with Gasteiger partial charge >= 0.3 is 6.03 Å². The van der Waals surface area contributed by atoms with Gasteiger partial charge in [0.1, 0.15) is 0 Å². The van der Waals surface area contributed by atoms with Crippen LogP contribution in [0.15, 0.2) is 24.3 Å². The van der Waals surface area contributed by atoms with Gasteiger partial charge in [0.15, 0.2) is 0 Å². The Balaban J connectivity index is 1.68. The van der Waals surface area contributed by atoms with Crippen LogP contribution in [0.4, 0.5) is 10.5 Å². The fraction of sp³-hybridized carbons (Fsp3) is 0.500. The largest absolute Gasteiger partial charge is 0.322 e. The number of anilines is 1. The van der Waals surface area contributed by atoms with Crippen LogP contribution in [0.2, 0.25) is 0 Å². The third-order valence-electron chi connectivity index (χ3n) is 3.78. The predicted octanol–water partition coefficient (Wildman–Crippen LogP) is 2.03. The van der Waals surface area contributed by atoms with Gasteiger partial charge in [0, 0.05) is 18.8 Å². The van der Waals surface area contributed by atoms with Crippen LogP contribution < -0.4 is 10.6 Å². The third kappa shape index (κ3) is 2.34. The Morgan fingerprint density at radius 2 is 2.22 bits per heavy atom. The summed E-state index contributed by atoms with van der Waals surface area (Å²) in [5.41, 5.74) is 2.17. The van der Waals surface area contributed by atoms with Gasteiger partial charge in [0.2, 0.25) is 0 Å². The summed E-state index contributed by atoms with van der Waals surface area (Å²) >= 11 is 0. The molecule has 0 aromatic heterocycles. The van der Waals surface area contributed by atoms with E-state index >= 15 is 0 Å². The minimum Gasteiger partial charge on any atom is -0.320 e. The smallest absolute Gasteiger partial charge is 0.320 e. The zero-order chi connectivity index (χ0) is 12.4. The van der Waals surface area contributed by atoms with E-state index in [-0.39, 0.29) is 6.03 Å². The fourth-order valence-electron chi connectivity index (χ4n) is 2.79. The molecule has 0 bridgehead atoms. The Labute approximate surface area is 107 Å². The van der Waals surface area contributed by atoms with E-state index in [1.54, 1.807) is 0 Å². The number of para-hydroxylation sites is 1. The van der Waals surface area contributed by atoms with Crippen LogP contribution in [0, 0.1) is 5.92 Å². The summed E-state index contributed by atoms with van der Waals surface area (Å²) in [6, 6.07) is 8.07.